The molecule has 0 bridgehead atoms. The van der Waals surface area contributed by atoms with Gasteiger partial charge in [0, 0.05) is 6.92 Å². The summed E-state index contributed by atoms with van der Waals surface area (Å²) in [4.78, 5) is 22.5. The van der Waals surface area contributed by atoms with Crippen LogP contribution in [0.4, 0.5) is 0 Å². The summed E-state index contributed by atoms with van der Waals surface area (Å²) in [5.41, 5.74) is 1.07. The third kappa shape index (κ3) is 3.22. The van der Waals surface area contributed by atoms with Crippen LogP contribution in [0.1, 0.15) is 19.4 Å². The van der Waals surface area contributed by atoms with Gasteiger partial charge in [0.15, 0.2) is 0 Å². The first-order chi connectivity index (χ1) is 9.08. The fourth-order valence-corrected chi connectivity index (χ4v) is 2.20. The van der Waals surface area contributed by atoms with Crippen LogP contribution in [0.15, 0.2) is 36.4 Å². The van der Waals surface area contributed by atoms with Crippen molar-refractivity contribution in [2.75, 3.05) is 0 Å². The molecule has 1 saturated heterocycles. The molecule has 0 radical (unpaired) electrons. The molecule has 19 heavy (non-hydrogen) atoms. The molecule has 4 heteroatoms. The molecule has 100 valence electrons. The van der Waals surface area contributed by atoms with Crippen LogP contribution in [0, 0.1) is 5.92 Å². The number of amides is 1. The Hall–Kier alpha value is -2.10. The van der Waals surface area contributed by atoms with Crippen molar-refractivity contribution >= 4 is 18.0 Å². The lowest BCUT2D eigenvalue weighted by atomic mass is 9.85. The smallest absolute Gasteiger partial charge is 0.302 e. The summed E-state index contributed by atoms with van der Waals surface area (Å²) >= 11 is 0. The van der Waals surface area contributed by atoms with E-state index in [0.717, 1.165) is 5.56 Å². The van der Waals surface area contributed by atoms with Crippen molar-refractivity contribution < 1.29 is 14.3 Å². The maximum atomic E-state index is 11.5. The molecular weight excluding hydrogens is 242 g/mol. The molecule has 0 spiro atoms. The molecule has 1 amide bonds. The lowest BCUT2D eigenvalue weighted by Gasteiger charge is -2.37. The summed E-state index contributed by atoms with van der Waals surface area (Å²) in [7, 11) is 0. The van der Waals surface area contributed by atoms with Gasteiger partial charge in [0.25, 0.3) is 0 Å². The van der Waals surface area contributed by atoms with Gasteiger partial charge in [-0.1, -0.05) is 42.5 Å². The number of carbonyl (C=O) groups excluding carboxylic acids is 2. The Morgan fingerprint density at radius 3 is 2.63 bits per heavy atom. The van der Waals surface area contributed by atoms with Crippen LogP contribution in [0.3, 0.4) is 0 Å². The average Bonchev–Trinajstić information content (AvgIpc) is 2.34. The first-order valence-electron chi connectivity index (χ1n) is 6.29. The van der Waals surface area contributed by atoms with Gasteiger partial charge in [-0.15, -0.1) is 0 Å². The number of carbonyl (C=O) groups is 2. The zero-order valence-corrected chi connectivity index (χ0v) is 11.0. The quantitative estimate of drug-likeness (QED) is 0.662. The van der Waals surface area contributed by atoms with Gasteiger partial charge in [-0.3, -0.25) is 9.59 Å². The van der Waals surface area contributed by atoms with Gasteiger partial charge in [-0.25, -0.2) is 0 Å². The van der Waals surface area contributed by atoms with Crippen LogP contribution in [-0.4, -0.2) is 24.0 Å². The predicted molar refractivity (Wildman–Crippen MR) is 72.1 cm³/mol. The van der Waals surface area contributed by atoms with Crippen LogP contribution in [0.25, 0.3) is 6.08 Å². The van der Waals surface area contributed by atoms with E-state index in [2.05, 4.69) is 5.32 Å². The Balaban J connectivity index is 1.99. The number of ether oxygens (including phenoxy) is 1. The summed E-state index contributed by atoms with van der Waals surface area (Å²) in [5.74, 6) is -0.738. The van der Waals surface area contributed by atoms with Crippen LogP contribution < -0.4 is 5.32 Å². The van der Waals surface area contributed by atoms with Crippen LogP contribution in [-0.2, 0) is 14.3 Å². The number of esters is 1. The van der Waals surface area contributed by atoms with Gasteiger partial charge in [-0.2, -0.15) is 0 Å². The maximum Gasteiger partial charge on any atom is 0.302 e. The molecule has 4 nitrogen and oxygen atoms in total. The highest BCUT2D eigenvalue weighted by atomic mass is 16.5. The normalized spacial score (nSPS) is 23.6. The fraction of sp³-hybridized carbons (Fsp3) is 0.333. The monoisotopic (exact) mass is 259 g/mol. The Morgan fingerprint density at radius 1 is 1.37 bits per heavy atom. The first kappa shape index (κ1) is 13.3. The van der Waals surface area contributed by atoms with E-state index in [4.69, 9.17) is 4.74 Å². The van der Waals surface area contributed by atoms with Crippen LogP contribution >= 0.6 is 0 Å². The van der Waals surface area contributed by atoms with Crippen LogP contribution in [0.2, 0.25) is 0 Å². The number of hydrogen-bond acceptors (Lipinski definition) is 3. The lowest BCUT2D eigenvalue weighted by molar-refractivity contribution is -0.155. The topological polar surface area (TPSA) is 55.4 Å². The number of rotatable bonds is 4. The van der Waals surface area contributed by atoms with Crippen molar-refractivity contribution in [1.29, 1.82) is 0 Å². The lowest BCUT2D eigenvalue weighted by Crippen LogP contribution is -2.61. The molecule has 2 rings (SSSR count). The minimum absolute atomic E-state index is 0.0727. The van der Waals surface area contributed by atoms with E-state index in [1.807, 2.05) is 42.5 Å². The zero-order chi connectivity index (χ0) is 13.8. The van der Waals surface area contributed by atoms with E-state index in [-0.39, 0.29) is 23.8 Å². The van der Waals surface area contributed by atoms with E-state index >= 15 is 0 Å². The minimum atomic E-state index is -0.406. The highest BCUT2D eigenvalue weighted by molar-refractivity contribution is 5.88. The molecule has 0 aromatic heterocycles. The summed E-state index contributed by atoms with van der Waals surface area (Å²) < 4.78 is 5.07. The third-order valence-corrected chi connectivity index (χ3v) is 3.15. The zero-order valence-electron chi connectivity index (χ0n) is 11.0. The van der Waals surface area contributed by atoms with E-state index in [1.54, 1.807) is 6.92 Å². The van der Waals surface area contributed by atoms with E-state index in [9.17, 15) is 9.59 Å². The third-order valence-electron chi connectivity index (χ3n) is 3.15. The number of hydrogen-bond donors (Lipinski definition) is 1. The standard InChI is InChI=1S/C15H17NO3/c1-10(19-11(2)17)14-13(16-15(14)18)9-8-12-6-4-3-5-7-12/h3-10,13-14H,1-2H3,(H,16,18)/b9-8+/t10-,13-,14+/m1/s1. The molecule has 1 aromatic carbocycles. The molecular formula is C15H17NO3. The Labute approximate surface area is 112 Å². The Bertz CT molecular complexity index is 495. The predicted octanol–water partition coefficient (Wildman–Crippen LogP) is 1.77. The van der Waals surface area contributed by atoms with Gasteiger partial charge >= 0.3 is 5.97 Å². The molecule has 0 aliphatic carbocycles. The molecule has 1 fully saturated rings. The van der Waals surface area contributed by atoms with E-state index in [0.29, 0.717) is 0 Å². The van der Waals surface area contributed by atoms with E-state index in [1.165, 1.54) is 6.92 Å². The fourth-order valence-electron chi connectivity index (χ4n) is 2.20. The summed E-state index contributed by atoms with van der Waals surface area (Å²) in [6, 6.07) is 9.76. The second-order valence-electron chi connectivity index (χ2n) is 4.64. The number of benzene rings is 1. The van der Waals surface area contributed by atoms with Crippen molar-refractivity contribution in [2.24, 2.45) is 5.92 Å². The summed E-state index contributed by atoms with van der Waals surface area (Å²) in [5, 5.41) is 2.80. The molecule has 1 aliphatic rings. The number of nitrogens with one attached hydrogen (secondary N) is 1. The largest absolute Gasteiger partial charge is 0.462 e. The van der Waals surface area contributed by atoms with Crippen molar-refractivity contribution in [1.82, 2.24) is 5.32 Å². The van der Waals surface area contributed by atoms with Crippen molar-refractivity contribution in [2.45, 2.75) is 26.0 Å². The molecule has 1 N–H and O–H groups in total. The van der Waals surface area contributed by atoms with Gasteiger partial charge in [0.2, 0.25) is 5.91 Å². The molecule has 1 aliphatic heterocycles. The van der Waals surface area contributed by atoms with Crippen molar-refractivity contribution in [3.8, 4) is 0 Å². The minimum Gasteiger partial charge on any atom is -0.462 e. The highest BCUT2D eigenvalue weighted by Gasteiger charge is 2.42. The molecule has 0 unspecified atom stereocenters. The maximum absolute atomic E-state index is 11.5. The van der Waals surface area contributed by atoms with Crippen molar-refractivity contribution in [3.05, 3.63) is 42.0 Å². The van der Waals surface area contributed by atoms with Gasteiger partial charge in [0.05, 0.1) is 12.0 Å². The Kier molecular flexibility index (Phi) is 4.00. The molecule has 1 aromatic rings. The highest BCUT2D eigenvalue weighted by Crippen LogP contribution is 2.23. The van der Waals surface area contributed by atoms with Gasteiger partial charge in [0.1, 0.15) is 6.10 Å². The molecule has 0 saturated carbocycles. The SMILES string of the molecule is CC(=O)O[C@H](C)[C@@H]1C(=O)N[C@@H]1/C=C/c1ccccc1. The second kappa shape index (κ2) is 5.69. The Morgan fingerprint density at radius 2 is 2.05 bits per heavy atom. The summed E-state index contributed by atoms with van der Waals surface area (Å²) in [6.07, 6.45) is 3.48. The van der Waals surface area contributed by atoms with Crippen molar-refractivity contribution in [3.63, 3.8) is 0 Å². The van der Waals surface area contributed by atoms with Gasteiger partial charge in [-0.05, 0) is 12.5 Å². The molecule has 1 heterocycles. The molecule has 3 atom stereocenters. The first-order valence-corrected chi connectivity index (χ1v) is 6.29. The average molecular weight is 259 g/mol. The van der Waals surface area contributed by atoms with Crippen LogP contribution in [0.5, 0.6) is 0 Å². The number of β-lactam (4-membered cyclic amide) rings is 1. The summed E-state index contributed by atoms with van der Waals surface area (Å²) in [6.45, 7) is 3.09. The van der Waals surface area contributed by atoms with Gasteiger partial charge < -0.3 is 10.1 Å². The van der Waals surface area contributed by atoms with E-state index < -0.39 is 6.10 Å². The second-order valence-corrected chi connectivity index (χ2v) is 4.64.